The van der Waals surface area contributed by atoms with E-state index in [4.69, 9.17) is 4.42 Å². The van der Waals surface area contributed by atoms with E-state index < -0.39 is 5.91 Å². The average Bonchev–Trinajstić information content (AvgIpc) is 3.26. The summed E-state index contributed by atoms with van der Waals surface area (Å²) in [4.78, 5) is 36.1. The summed E-state index contributed by atoms with van der Waals surface area (Å²) in [5.41, 5.74) is 2.88. The Balaban J connectivity index is 1.69. The van der Waals surface area contributed by atoms with Crippen LogP contribution in [0.15, 0.2) is 65.3 Å². The van der Waals surface area contributed by atoms with Gasteiger partial charge < -0.3 is 25.7 Å². The maximum absolute atomic E-state index is 12.6. The van der Waals surface area contributed by atoms with Crippen LogP contribution in [-0.2, 0) is 0 Å². The number of nitrogens with one attached hydrogen (secondary N) is 4. The Bertz CT molecular complexity index is 1030. The minimum absolute atomic E-state index is 0.185. The molecule has 0 aliphatic heterocycles. The Labute approximate surface area is 167 Å². The fourth-order valence-electron chi connectivity index (χ4n) is 2.52. The van der Waals surface area contributed by atoms with Crippen molar-refractivity contribution in [1.29, 1.82) is 0 Å². The van der Waals surface area contributed by atoms with Gasteiger partial charge in [-0.05, 0) is 61.0 Å². The normalized spacial score (nSPS) is 10.1. The van der Waals surface area contributed by atoms with Gasteiger partial charge in [0.1, 0.15) is 0 Å². The van der Waals surface area contributed by atoms with Gasteiger partial charge in [0.15, 0.2) is 5.76 Å². The summed E-state index contributed by atoms with van der Waals surface area (Å²) in [7, 11) is 1.52. The molecule has 4 N–H and O–H groups in total. The Kier molecular flexibility index (Phi) is 5.94. The van der Waals surface area contributed by atoms with Crippen LogP contribution in [0.25, 0.3) is 0 Å². The molecule has 0 radical (unpaired) electrons. The molecule has 1 heterocycles. The van der Waals surface area contributed by atoms with Crippen molar-refractivity contribution in [3.05, 3.63) is 77.7 Å². The van der Waals surface area contributed by atoms with E-state index in [9.17, 15) is 14.4 Å². The molecule has 3 rings (SSSR count). The second-order valence-electron chi connectivity index (χ2n) is 6.20. The van der Waals surface area contributed by atoms with Gasteiger partial charge in [-0.15, -0.1) is 0 Å². The summed E-state index contributed by atoms with van der Waals surface area (Å²) in [6.07, 6.45) is 1.42. The first-order valence-corrected chi connectivity index (χ1v) is 8.82. The number of hydrogen-bond donors (Lipinski definition) is 4. The van der Waals surface area contributed by atoms with Gasteiger partial charge in [-0.25, -0.2) is 4.79 Å². The fraction of sp³-hybridized carbons (Fsp3) is 0.0952. The summed E-state index contributed by atoms with van der Waals surface area (Å²) in [5, 5.41) is 10.6. The van der Waals surface area contributed by atoms with E-state index in [-0.39, 0.29) is 17.7 Å². The number of carbonyl (C=O) groups excluding carboxylic acids is 3. The molecular formula is C21H20N4O4. The Hall–Kier alpha value is -4.07. The second-order valence-corrected chi connectivity index (χ2v) is 6.20. The highest BCUT2D eigenvalue weighted by molar-refractivity contribution is 6.07. The quantitative estimate of drug-likeness (QED) is 0.528. The molecule has 0 bridgehead atoms. The van der Waals surface area contributed by atoms with Gasteiger partial charge in [0, 0.05) is 29.7 Å². The molecule has 0 aliphatic rings. The molecule has 0 unspecified atom stereocenters. The molecule has 3 aromatic rings. The summed E-state index contributed by atoms with van der Waals surface area (Å²) < 4.78 is 5.08. The third-order valence-electron chi connectivity index (χ3n) is 4.12. The largest absolute Gasteiger partial charge is 0.459 e. The maximum Gasteiger partial charge on any atom is 0.318 e. The van der Waals surface area contributed by atoms with Crippen molar-refractivity contribution in [3.8, 4) is 0 Å². The van der Waals surface area contributed by atoms with Crippen LogP contribution in [0.4, 0.5) is 21.9 Å². The predicted octanol–water partition coefficient (Wildman–Crippen LogP) is 3.84. The number of rotatable bonds is 5. The van der Waals surface area contributed by atoms with Crippen molar-refractivity contribution >= 4 is 34.9 Å². The number of carbonyl (C=O) groups is 3. The van der Waals surface area contributed by atoms with Crippen LogP contribution >= 0.6 is 0 Å². The lowest BCUT2D eigenvalue weighted by atomic mass is 10.1. The number of urea groups is 1. The van der Waals surface area contributed by atoms with E-state index >= 15 is 0 Å². The van der Waals surface area contributed by atoms with E-state index in [1.807, 2.05) is 6.92 Å². The molecule has 0 saturated heterocycles. The molecular weight excluding hydrogens is 372 g/mol. The number of furan rings is 1. The van der Waals surface area contributed by atoms with Crippen LogP contribution in [-0.4, -0.2) is 24.9 Å². The Morgan fingerprint density at radius 2 is 1.52 bits per heavy atom. The van der Waals surface area contributed by atoms with Crippen LogP contribution in [0.5, 0.6) is 0 Å². The minimum atomic E-state index is -0.394. The van der Waals surface area contributed by atoms with Gasteiger partial charge in [-0.3, -0.25) is 9.59 Å². The van der Waals surface area contributed by atoms with E-state index in [1.54, 1.807) is 54.6 Å². The van der Waals surface area contributed by atoms with E-state index in [1.165, 1.54) is 13.3 Å². The van der Waals surface area contributed by atoms with Gasteiger partial charge >= 0.3 is 6.03 Å². The summed E-state index contributed by atoms with van der Waals surface area (Å²) >= 11 is 0. The van der Waals surface area contributed by atoms with Crippen LogP contribution in [0.3, 0.4) is 0 Å². The average molecular weight is 392 g/mol. The van der Waals surface area contributed by atoms with Crippen LogP contribution in [0.2, 0.25) is 0 Å². The molecule has 0 fully saturated rings. The number of amides is 4. The van der Waals surface area contributed by atoms with E-state index in [0.29, 0.717) is 22.6 Å². The van der Waals surface area contributed by atoms with Crippen LogP contribution in [0, 0.1) is 6.92 Å². The molecule has 0 aliphatic carbocycles. The predicted molar refractivity (Wildman–Crippen MR) is 110 cm³/mol. The molecule has 2 aromatic carbocycles. The third kappa shape index (κ3) is 5.01. The third-order valence-corrected chi connectivity index (χ3v) is 4.12. The smallest absolute Gasteiger partial charge is 0.318 e. The first-order valence-electron chi connectivity index (χ1n) is 8.82. The molecule has 8 nitrogen and oxygen atoms in total. The first-order chi connectivity index (χ1) is 14.0. The van der Waals surface area contributed by atoms with Crippen molar-refractivity contribution in [2.24, 2.45) is 0 Å². The second kappa shape index (κ2) is 8.75. The molecule has 0 atom stereocenters. The zero-order valence-corrected chi connectivity index (χ0v) is 15.9. The first kappa shape index (κ1) is 19.7. The standard InChI is InChI=1S/C21H20N4O4/c1-13-5-6-14(12-17(13)25-20(27)18-4-3-11-29-18)19(26)23-15-7-9-16(10-8-15)24-21(28)22-2/h3-12H,1-2H3,(H,23,26)(H,25,27)(H2,22,24,28). The zero-order chi connectivity index (χ0) is 20.8. The molecule has 0 spiro atoms. The van der Waals surface area contributed by atoms with Crippen molar-refractivity contribution in [3.63, 3.8) is 0 Å². The van der Waals surface area contributed by atoms with Gasteiger partial charge in [0.2, 0.25) is 0 Å². The molecule has 148 valence electrons. The Morgan fingerprint density at radius 1 is 0.828 bits per heavy atom. The zero-order valence-electron chi connectivity index (χ0n) is 15.9. The minimum Gasteiger partial charge on any atom is -0.459 e. The summed E-state index contributed by atoms with van der Waals surface area (Å²) in [6, 6.07) is 14.6. The number of aryl methyl sites for hydroxylation is 1. The Morgan fingerprint density at radius 3 is 2.14 bits per heavy atom. The molecule has 29 heavy (non-hydrogen) atoms. The van der Waals surface area contributed by atoms with Crippen molar-refractivity contribution in [1.82, 2.24) is 5.32 Å². The highest BCUT2D eigenvalue weighted by Crippen LogP contribution is 2.20. The van der Waals surface area contributed by atoms with Crippen LogP contribution < -0.4 is 21.3 Å². The summed E-state index contributed by atoms with van der Waals surface area (Å²) in [5.74, 6) is -0.537. The molecule has 0 saturated carbocycles. The van der Waals surface area contributed by atoms with Crippen molar-refractivity contribution in [2.75, 3.05) is 23.0 Å². The van der Waals surface area contributed by atoms with E-state index in [2.05, 4.69) is 21.3 Å². The van der Waals surface area contributed by atoms with E-state index in [0.717, 1.165) is 5.56 Å². The lowest BCUT2D eigenvalue weighted by Gasteiger charge is -2.11. The van der Waals surface area contributed by atoms with Crippen molar-refractivity contribution in [2.45, 2.75) is 6.92 Å². The van der Waals surface area contributed by atoms with Crippen LogP contribution in [0.1, 0.15) is 26.5 Å². The number of benzene rings is 2. The monoisotopic (exact) mass is 392 g/mol. The molecule has 4 amide bonds. The topological polar surface area (TPSA) is 112 Å². The SMILES string of the molecule is CNC(=O)Nc1ccc(NC(=O)c2ccc(C)c(NC(=O)c3ccco3)c2)cc1. The summed E-state index contributed by atoms with van der Waals surface area (Å²) in [6.45, 7) is 1.83. The molecule has 1 aromatic heterocycles. The highest BCUT2D eigenvalue weighted by atomic mass is 16.3. The van der Waals surface area contributed by atoms with Gasteiger partial charge in [-0.2, -0.15) is 0 Å². The van der Waals surface area contributed by atoms with Gasteiger partial charge in [-0.1, -0.05) is 6.07 Å². The lowest BCUT2D eigenvalue weighted by molar-refractivity contribution is 0.0993. The lowest BCUT2D eigenvalue weighted by Crippen LogP contribution is -2.24. The maximum atomic E-state index is 12.6. The highest BCUT2D eigenvalue weighted by Gasteiger charge is 2.13. The fourth-order valence-corrected chi connectivity index (χ4v) is 2.52. The van der Waals surface area contributed by atoms with Crippen molar-refractivity contribution < 1.29 is 18.8 Å². The number of anilines is 3. The van der Waals surface area contributed by atoms with Gasteiger partial charge in [0.25, 0.3) is 11.8 Å². The molecule has 8 heteroatoms. The number of hydrogen-bond acceptors (Lipinski definition) is 4. The van der Waals surface area contributed by atoms with Gasteiger partial charge in [0.05, 0.1) is 6.26 Å².